The Labute approximate surface area is 92.8 Å². The Morgan fingerprint density at radius 1 is 1.29 bits per heavy atom. The molecule has 0 aromatic carbocycles. The van der Waals surface area contributed by atoms with E-state index in [9.17, 15) is 0 Å². The molecule has 3 heteroatoms. The van der Waals surface area contributed by atoms with E-state index < -0.39 is 0 Å². The fraction of sp³-hybridized carbons (Fsp3) is 0.909. The van der Waals surface area contributed by atoms with Crippen LogP contribution in [0.4, 0.5) is 0 Å². The van der Waals surface area contributed by atoms with Crippen molar-refractivity contribution >= 4 is 17.3 Å². The number of hydrogen-bond donors (Lipinski definition) is 2. The molecule has 1 saturated carbocycles. The maximum Gasteiger partial charge on any atom is 0.166 e. The van der Waals surface area contributed by atoms with Crippen LogP contribution < -0.4 is 10.6 Å². The van der Waals surface area contributed by atoms with Crippen LogP contribution in [0, 0.1) is 5.92 Å². The third-order valence-electron chi connectivity index (χ3n) is 2.47. The second-order valence-corrected chi connectivity index (χ2v) is 5.17. The van der Waals surface area contributed by atoms with E-state index in [0.717, 1.165) is 11.0 Å². The summed E-state index contributed by atoms with van der Waals surface area (Å²) in [4.78, 5) is 0. The van der Waals surface area contributed by atoms with Gasteiger partial charge in [-0.2, -0.15) is 0 Å². The van der Waals surface area contributed by atoms with Crippen molar-refractivity contribution < 1.29 is 0 Å². The molecule has 0 aliphatic heterocycles. The molecule has 2 N–H and O–H groups in total. The third-order valence-corrected chi connectivity index (χ3v) is 2.70. The zero-order valence-electron chi connectivity index (χ0n) is 9.47. The van der Waals surface area contributed by atoms with Crippen molar-refractivity contribution in [1.82, 2.24) is 10.6 Å². The first-order valence-corrected chi connectivity index (χ1v) is 6.05. The molecule has 0 radical (unpaired) electrons. The second kappa shape index (κ2) is 5.54. The molecule has 0 saturated heterocycles. The molecule has 2 nitrogen and oxygen atoms in total. The summed E-state index contributed by atoms with van der Waals surface area (Å²) in [7, 11) is 0. The highest BCUT2D eigenvalue weighted by Crippen LogP contribution is 2.18. The Hall–Kier alpha value is -0.310. The first kappa shape index (κ1) is 11.8. The van der Waals surface area contributed by atoms with E-state index in [-0.39, 0.29) is 0 Å². The Kier molecular flexibility index (Phi) is 4.66. The van der Waals surface area contributed by atoms with Gasteiger partial charge in [0.05, 0.1) is 0 Å². The molecule has 1 atom stereocenters. The van der Waals surface area contributed by atoms with Gasteiger partial charge in [0, 0.05) is 12.1 Å². The van der Waals surface area contributed by atoms with Gasteiger partial charge in [-0.1, -0.05) is 13.8 Å². The lowest BCUT2D eigenvalue weighted by Gasteiger charge is -2.17. The summed E-state index contributed by atoms with van der Waals surface area (Å²) in [6.45, 7) is 6.71. The fourth-order valence-electron chi connectivity index (χ4n) is 1.33. The van der Waals surface area contributed by atoms with Crippen LogP contribution in [0.3, 0.4) is 0 Å². The van der Waals surface area contributed by atoms with E-state index in [1.165, 1.54) is 25.7 Å². The zero-order valence-corrected chi connectivity index (χ0v) is 10.3. The van der Waals surface area contributed by atoms with E-state index in [2.05, 4.69) is 31.4 Å². The lowest BCUT2D eigenvalue weighted by Crippen LogP contribution is -2.41. The van der Waals surface area contributed by atoms with Gasteiger partial charge >= 0.3 is 0 Å². The first-order chi connectivity index (χ1) is 6.58. The average molecular weight is 214 g/mol. The molecule has 0 amide bonds. The SMILES string of the molecule is CC(C)CCC(C)NC(=S)NC1CC1. The maximum absolute atomic E-state index is 5.20. The van der Waals surface area contributed by atoms with Crippen LogP contribution in [0.5, 0.6) is 0 Å². The number of thiocarbonyl (C=S) groups is 1. The van der Waals surface area contributed by atoms with Gasteiger partial charge in [0.15, 0.2) is 5.11 Å². The molecule has 82 valence electrons. The van der Waals surface area contributed by atoms with Gasteiger partial charge < -0.3 is 10.6 Å². The van der Waals surface area contributed by atoms with Crippen molar-refractivity contribution in [3.63, 3.8) is 0 Å². The van der Waals surface area contributed by atoms with Gasteiger partial charge in [0.25, 0.3) is 0 Å². The molecular weight excluding hydrogens is 192 g/mol. The van der Waals surface area contributed by atoms with Crippen LogP contribution in [-0.2, 0) is 0 Å². The molecule has 1 rings (SSSR count). The van der Waals surface area contributed by atoms with Crippen molar-refractivity contribution in [1.29, 1.82) is 0 Å². The minimum atomic E-state index is 0.496. The Balaban J connectivity index is 2.05. The van der Waals surface area contributed by atoms with Gasteiger partial charge in [-0.05, 0) is 50.7 Å². The molecule has 1 fully saturated rings. The highest BCUT2D eigenvalue weighted by molar-refractivity contribution is 7.80. The van der Waals surface area contributed by atoms with E-state index >= 15 is 0 Å². The summed E-state index contributed by atoms with van der Waals surface area (Å²) in [6, 6.07) is 1.16. The summed E-state index contributed by atoms with van der Waals surface area (Å²) in [5.41, 5.74) is 0. The molecular formula is C11H22N2S. The lowest BCUT2D eigenvalue weighted by atomic mass is 10.0. The van der Waals surface area contributed by atoms with Gasteiger partial charge in [0.2, 0.25) is 0 Å². The minimum Gasteiger partial charge on any atom is -0.360 e. The van der Waals surface area contributed by atoms with Crippen LogP contribution >= 0.6 is 12.2 Å². The third kappa shape index (κ3) is 5.43. The standard InChI is InChI=1S/C11H22N2S/c1-8(2)4-5-9(3)12-11(14)13-10-6-7-10/h8-10H,4-7H2,1-3H3,(H2,12,13,14). The molecule has 1 unspecified atom stereocenters. The molecule has 0 aromatic heterocycles. The lowest BCUT2D eigenvalue weighted by molar-refractivity contribution is 0.491. The summed E-state index contributed by atoms with van der Waals surface area (Å²) in [5, 5.41) is 7.46. The zero-order chi connectivity index (χ0) is 10.6. The Bertz CT molecular complexity index is 188. The maximum atomic E-state index is 5.20. The molecule has 0 bridgehead atoms. The van der Waals surface area contributed by atoms with Gasteiger partial charge in [-0.15, -0.1) is 0 Å². The summed E-state index contributed by atoms with van der Waals surface area (Å²) in [5.74, 6) is 0.782. The van der Waals surface area contributed by atoms with Gasteiger partial charge in [0.1, 0.15) is 0 Å². The predicted octanol–water partition coefficient (Wildman–Crippen LogP) is 2.44. The van der Waals surface area contributed by atoms with E-state index in [1.54, 1.807) is 0 Å². The van der Waals surface area contributed by atoms with Crippen LogP contribution in [0.25, 0.3) is 0 Å². The quantitative estimate of drug-likeness (QED) is 0.687. The number of rotatable bonds is 5. The van der Waals surface area contributed by atoms with Crippen LogP contribution in [0.15, 0.2) is 0 Å². The van der Waals surface area contributed by atoms with Crippen molar-refractivity contribution in [2.45, 2.75) is 58.5 Å². The average Bonchev–Trinajstić information content (AvgIpc) is 2.84. The molecule has 1 aliphatic rings. The van der Waals surface area contributed by atoms with Gasteiger partial charge in [-0.25, -0.2) is 0 Å². The van der Waals surface area contributed by atoms with E-state index in [0.29, 0.717) is 12.1 Å². The van der Waals surface area contributed by atoms with E-state index in [4.69, 9.17) is 12.2 Å². The normalized spacial score (nSPS) is 18.0. The van der Waals surface area contributed by atoms with Crippen molar-refractivity contribution in [2.24, 2.45) is 5.92 Å². The van der Waals surface area contributed by atoms with Crippen molar-refractivity contribution in [2.75, 3.05) is 0 Å². The Morgan fingerprint density at radius 2 is 1.93 bits per heavy atom. The molecule has 1 aliphatic carbocycles. The Morgan fingerprint density at radius 3 is 2.43 bits per heavy atom. The van der Waals surface area contributed by atoms with Crippen LogP contribution in [0.1, 0.15) is 46.5 Å². The predicted molar refractivity (Wildman–Crippen MR) is 65.4 cm³/mol. The highest BCUT2D eigenvalue weighted by Gasteiger charge is 2.21. The minimum absolute atomic E-state index is 0.496. The number of nitrogens with one attached hydrogen (secondary N) is 2. The number of hydrogen-bond acceptors (Lipinski definition) is 1. The van der Waals surface area contributed by atoms with Crippen LogP contribution in [0.2, 0.25) is 0 Å². The van der Waals surface area contributed by atoms with E-state index in [1.807, 2.05) is 0 Å². The molecule has 14 heavy (non-hydrogen) atoms. The molecule has 0 heterocycles. The highest BCUT2D eigenvalue weighted by atomic mass is 32.1. The summed E-state index contributed by atoms with van der Waals surface area (Å²) >= 11 is 5.20. The fourth-order valence-corrected chi connectivity index (χ4v) is 1.70. The molecule has 0 aromatic rings. The van der Waals surface area contributed by atoms with Gasteiger partial charge in [-0.3, -0.25) is 0 Å². The topological polar surface area (TPSA) is 24.1 Å². The smallest absolute Gasteiger partial charge is 0.166 e. The van der Waals surface area contributed by atoms with Crippen LogP contribution in [-0.4, -0.2) is 17.2 Å². The summed E-state index contributed by atoms with van der Waals surface area (Å²) in [6.07, 6.45) is 5.02. The van der Waals surface area contributed by atoms with Crippen molar-refractivity contribution in [3.8, 4) is 0 Å². The largest absolute Gasteiger partial charge is 0.360 e. The summed E-state index contributed by atoms with van der Waals surface area (Å²) < 4.78 is 0. The van der Waals surface area contributed by atoms with Crippen molar-refractivity contribution in [3.05, 3.63) is 0 Å². The monoisotopic (exact) mass is 214 g/mol. The second-order valence-electron chi connectivity index (χ2n) is 4.76. The molecule has 0 spiro atoms. The first-order valence-electron chi connectivity index (χ1n) is 5.65.